The summed E-state index contributed by atoms with van der Waals surface area (Å²) in [6.07, 6.45) is 0.782. The molecule has 116 valence electrons. The van der Waals surface area contributed by atoms with E-state index in [0.29, 0.717) is 24.4 Å². The maximum absolute atomic E-state index is 12.0. The van der Waals surface area contributed by atoms with Gasteiger partial charge in [0.1, 0.15) is 0 Å². The molecule has 0 spiro atoms. The topological polar surface area (TPSA) is 86.3 Å². The van der Waals surface area contributed by atoms with Crippen LogP contribution in [0.3, 0.4) is 0 Å². The number of nitrogens with zero attached hydrogens (tertiary/aromatic N) is 5. The van der Waals surface area contributed by atoms with Crippen molar-refractivity contribution in [3.8, 4) is 0 Å². The molecule has 1 saturated heterocycles. The molecule has 0 aliphatic carbocycles. The van der Waals surface area contributed by atoms with Crippen LogP contribution in [0.1, 0.15) is 13.3 Å². The van der Waals surface area contributed by atoms with E-state index in [1.807, 2.05) is 30.8 Å². The van der Waals surface area contributed by atoms with Gasteiger partial charge < -0.3 is 20.4 Å². The Kier molecular flexibility index (Phi) is 4.15. The Hall–Kier alpha value is -2.12. The first kappa shape index (κ1) is 15.3. The number of carbonyl (C=O) groups excluding carboxylic acids is 1. The summed E-state index contributed by atoms with van der Waals surface area (Å²) in [4.78, 5) is 29.0. The molecule has 1 unspecified atom stereocenters. The number of anilines is 3. The molecule has 1 atom stereocenters. The molecule has 0 radical (unpaired) electrons. The monoisotopic (exact) mass is 293 g/mol. The lowest BCUT2D eigenvalue weighted by atomic mass is 9.89. The zero-order valence-corrected chi connectivity index (χ0v) is 13.3. The molecule has 2 heterocycles. The van der Waals surface area contributed by atoms with Crippen molar-refractivity contribution in [2.45, 2.75) is 13.3 Å². The van der Waals surface area contributed by atoms with Gasteiger partial charge in [0, 0.05) is 41.3 Å². The van der Waals surface area contributed by atoms with E-state index >= 15 is 0 Å². The third kappa shape index (κ3) is 2.98. The second kappa shape index (κ2) is 5.71. The van der Waals surface area contributed by atoms with Crippen LogP contribution < -0.4 is 20.4 Å². The van der Waals surface area contributed by atoms with E-state index in [4.69, 9.17) is 0 Å². The molecule has 8 nitrogen and oxygen atoms in total. The van der Waals surface area contributed by atoms with Gasteiger partial charge in [0.05, 0.1) is 5.41 Å². The summed E-state index contributed by atoms with van der Waals surface area (Å²) in [6, 6.07) is 0. The average Bonchev–Trinajstić information content (AvgIpc) is 2.89. The lowest BCUT2D eigenvalue weighted by molar-refractivity contribution is -0.128. The predicted octanol–water partition coefficient (Wildman–Crippen LogP) is -0.0583. The average molecular weight is 293 g/mol. The Labute approximate surface area is 125 Å². The molecule has 1 aliphatic heterocycles. The number of amides is 1. The summed E-state index contributed by atoms with van der Waals surface area (Å²) in [5, 5.41) is 5.68. The van der Waals surface area contributed by atoms with Gasteiger partial charge in [-0.3, -0.25) is 4.79 Å². The maximum atomic E-state index is 12.0. The van der Waals surface area contributed by atoms with E-state index in [9.17, 15) is 4.79 Å². The van der Waals surface area contributed by atoms with Gasteiger partial charge in [-0.05, 0) is 13.3 Å². The Morgan fingerprint density at radius 1 is 1.29 bits per heavy atom. The van der Waals surface area contributed by atoms with Crippen molar-refractivity contribution in [1.29, 1.82) is 0 Å². The van der Waals surface area contributed by atoms with Crippen molar-refractivity contribution in [2.24, 2.45) is 5.41 Å². The number of carbonyl (C=O) groups is 1. The number of nitrogens with one attached hydrogen (secondary N) is 2. The standard InChI is InChI=1S/C13H23N7O/c1-13(9(21)14-2)6-7-20(8-13)12-17-10(15-3)16-11(18-12)19(4)5/h6-8H2,1-5H3,(H,14,21)(H,15,16,17,18). The van der Waals surface area contributed by atoms with E-state index in [-0.39, 0.29) is 5.91 Å². The first-order valence-electron chi connectivity index (χ1n) is 6.98. The van der Waals surface area contributed by atoms with Crippen molar-refractivity contribution < 1.29 is 4.79 Å². The number of aromatic nitrogens is 3. The van der Waals surface area contributed by atoms with Gasteiger partial charge in [-0.25, -0.2) is 0 Å². The minimum Gasteiger partial charge on any atom is -0.359 e. The number of hydrogen-bond donors (Lipinski definition) is 2. The molecule has 8 heteroatoms. The summed E-state index contributed by atoms with van der Waals surface area (Å²) >= 11 is 0. The fraction of sp³-hybridized carbons (Fsp3) is 0.692. The van der Waals surface area contributed by atoms with E-state index in [1.165, 1.54) is 0 Å². The molecular weight excluding hydrogens is 270 g/mol. The predicted molar refractivity (Wildman–Crippen MR) is 82.7 cm³/mol. The third-order valence-corrected chi connectivity index (χ3v) is 3.77. The normalized spacial score (nSPS) is 21.3. The van der Waals surface area contributed by atoms with Crippen LogP contribution in [0.2, 0.25) is 0 Å². The molecule has 0 bridgehead atoms. The molecule has 2 rings (SSSR count). The first-order chi connectivity index (χ1) is 9.89. The largest absolute Gasteiger partial charge is 0.359 e. The fourth-order valence-electron chi connectivity index (χ4n) is 2.43. The molecule has 21 heavy (non-hydrogen) atoms. The van der Waals surface area contributed by atoms with Crippen molar-refractivity contribution in [1.82, 2.24) is 20.3 Å². The first-order valence-corrected chi connectivity index (χ1v) is 6.98. The Morgan fingerprint density at radius 2 is 2.00 bits per heavy atom. The molecule has 0 saturated carbocycles. The molecular formula is C13H23N7O. The van der Waals surface area contributed by atoms with Crippen LogP contribution in [0.4, 0.5) is 17.8 Å². The Bertz CT molecular complexity index is 533. The summed E-state index contributed by atoms with van der Waals surface area (Å²) in [6.45, 7) is 3.33. The van der Waals surface area contributed by atoms with Crippen LogP contribution in [-0.4, -0.2) is 62.1 Å². The fourth-order valence-corrected chi connectivity index (χ4v) is 2.43. The molecule has 0 aromatic carbocycles. The van der Waals surface area contributed by atoms with E-state index < -0.39 is 5.41 Å². The summed E-state index contributed by atoms with van der Waals surface area (Å²) < 4.78 is 0. The summed E-state index contributed by atoms with van der Waals surface area (Å²) in [7, 11) is 7.22. The second-order valence-electron chi connectivity index (χ2n) is 5.71. The number of rotatable bonds is 4. The Morgan fingerprint density at radius 3 is 2.57 bits per heavy atom. The molecule has 2 N–H and O–H groups in total. The van der Waals surface area contributed by atoms with Crippen LogP contribution in [0.5, 0.6) is 0 Å². The lowest BCUT2D eigenvalue weighted by Crippen LogP contribution is -2.39. The van der Waals surface area contributed by atoms with Crippen LogP contribution >= 0.6 is 0 Å². The van der Waals surface area contributed by atoms with E-state index in [1.54, 1.807) is 14.1 Å². The van der Waals surface area contributed by atoms with Gasteiger partial charge in [0.15, 0.2) is 0 Å². The quantitative estimate of drug-likeness (QED) is 0.804. The van der Waals surface area contributed by atoms with Gasteiger partial charge in [0.2, 0.25) is 23.8 Å². The van der Waals surface area contributed by atoms with Gasteiger partial charge in [-0.15, -0.1) is 0 Å². The van der Waals surface area contributed by atoms with Crippen LogP contribution in [0.25, 0.3) is 0 Å². The highest BCUT2D eigenvalue weighted by atomic mass is 16.2. The second-order valence-corrected chi connectivity index (χ2v) is 5.71. The van der Waals surface area contributed by atoms with Crippen molar-refractivity contribution >= 4 is 23.8 Å². The third-order valence-electron chi connectivity index (χ3n) is 3.77. The Balaban J connectivity index is 2.27. The van der Waals surface area contributed by atoms with Crippen molar-refractivity contribution in [2.75, 3.05) is 56.4 Å². The van der Waals surface area contributed by atoms with Crippen LogP contribution in [-0.2, 0) is 4.79 Å². The molecule has 1 aromatic rings. The highest BCUT2D eigenvalue weighted by molar-refractivity contribution is 5.83. The van der Waals surface area contributed by atoms with Crippen LogP contribution in [0, 0.1) is 5.41 Å². The summed E-state index contributed by atoms with van der Waals surface area (Å²) in [5.74, 6) is 1.78. The lowest BCUT2D eigenvalue weighted by Gasteiger charge is -2.23. The van der Waals surface area contributed by atoms with Gasteiger partial charge in [-0.1, -0.05) is 0 Å². The smallest absolute Gasteiger partial charge is 0.231 e. The van der Waals surface area contributed by atoms with Gasteiger partial charge in [-0.2, -0.15) is 15.0 Å². The zero-order chi connectivity index (χ0) is 15.6. The highest BCUT2D eigenvalue weighted by Gasteiger charge is 2.40. The minimum atomic E-state index is -0.403. The van der Waals surface area contributed by atoms with Crippen molar-refractivity contribution in [3.05, 3.63) is 0 Å². The molecule has 1 amide bonds. The maximum Gasteiger partial charge on any atom is 0.231 e. The van der Waals surface area contributed by atoms with Crippen molar-refractivity contribution in [3.63, 3.8) is 0 Å². The van der Waals surface area contributed by atoms with Gasteiger partial charge >= 0.3 is 0 Å². The number of hydrogen-bond acceptors (Lipinski definition) is 7. The van der Waals surface area contributed by atoms with Gasteiger partial charge in [0.25, 0.3) is 0 Å². The van der Waals surface area contributed by atoms with E-state index in [2.05, 4.69) is 25.6 Å². The van der Waals surface area contributed by atoms with E-state index in [0.717, 1.165) is 13.0 Å². The zero-order valence-electron chi connectivity index (χ0n) is 13.3. The molecule has 1 aliphatic rings. The molecule has 1 fully saturated rings. The van der Waals surface area contributed by atoms with Crippen LogP contribution in [0.15, 0.2) is 0 Å². The summed E-state index contributed by atoms with van der Waals surface area (Å²) in [5.41, 5.74) is -0.403. The minimum absolute atomic E-state index is 0.0562. The molecule has 1 aromatic heterocycles. The SMILES string of the molecule is CNC(=O)C1(C)CCN(c2nc(NC)nc(N(C)C)n2)C1. The highest BCUT2D eigenvalue weighted by Crippen LogP contribution is 2.32.